The molecule has 0 unspecified atom stereocenters. The van der Waals surface area contributed by atoms with Crippen LogP contribution in [-0.2, 0) is 4.74 Å². The van der Waals surface area contributed by atoms with E-state index in [-0.39, 0.29) is 12.0 Å². The fraction of sp³-hybridized carbons (Fsp3) is 0.417. The lowest BCUT2D eigenvalue weighted by molar-refractivity contribution is -0.0167. The summed E-state index contributed by atoms with van der Waals surface area (Å²) in [6.45, 7) is 1.99. The third kappa shape index (κ3) is 2.95. The number of benzene rings is 1. The molecular weight excluding hydrogens is 275 g/mol. The normalized spacial score (nSPS) is 19.9. The second kappa shape index (κ2) is 5.89. The molecule has 1 aromatic carbocycles. The van der Waals surface area contributed by atoms with E-state index in [1.807, 2.05) is 0 Å². The summed E-state index contributed by atoms with van der Waals surface area (Å²) in [6, 6.07) is 4.88. The van der Waals surface area contributed by atoms with Gasteiger partial charge in [-0.15, -0.1) is 0 Å². The average molecular weight is 289 g/mol. The second-order valence-corrected chi connectivity index (χ2v) is 4.92. The van der Waals surface area contributed by atoms with Crippen molar-refractivity contribution >= 4 is 29.1 Å². The van der Waals surface area contributed by atoms with Gasteiger partial charge in [-0.3, -0.25) is 4.79 Å². The first kappa shape index (κ1) is 13.6. The molecule has 1 saturated heterocycles. The summed E-state index contributed by atoms with van der Waals surface area (Å²) < 4.78 is 5.42. The number of halogens is 2. The van der Waals surface area contributed by atoms with Gasteiger partial charge in [0.1, 0.15) is 0 Å². The molecule has 1 aromatic rings. The van der Waals surface area contributed by atoms with Crippen LogP contribution in [0.5, 0.6) is 0 Å². The standard InChI is InChI=1S/C12H14Cl2N2O2/c13-10-2-1-8(5-11(10)14)12(17)16-3-4-18-9(6-15)7-16/h1-2,5,9H,3-4,6-7,15H2/t9-/m0/s1. The van der Waals surface area contributed by atoms with Crippen molar-refractivity contribution in [1.29, 1.82) is 0 Å². The molecule has 0 radical (unpaired) electrons. The number of carbonyl (C=O) groups excluding carboxylic acids is 1. The third-order valence-corrected chi connectivity index (χ3v) is 3.59. The van der Waals surface area contributed by atoms with Crippen LogP contribution in [0, 0.1) is 0 Å². The maximum Gasteiger partial charge on any atom is 0.254 e. The van der Waals surface area contributed by atoms with E-state index >= 15 is 0 Å². The molecule has 2 rings (SSSR count). The maximum absolute atomic E-state index is 12.3. The van der Waals surface area contributed by atoms with Crippen LogP contribution in [0.3, 0.4) is 0 Å². The van der Waals surface area contributed by atoms with Gasteiger partial charge in [-0.1, -0.05) is 23.2 Å². The van der Waals surface area contributed by atoms with Crippen LogP contribution in [0.25, 0.3) is 0 Å². The van der Waals surface area contributed by atoms with Gasteiger partial charge in [-0.25, -0.2) is 0 Å². The molecule has 0 aliphatic carbocycles. The van der Waals surface area contributed by atoms with E-state index in [4.69, 9.17) is 33.7 Å². The van der Waals surface area contributed by atoms with Crippen molar-refractivity contribution in [2.45, 2.75) is 6.10 Å². The minimum Gasteiger partial charge on any atom is -0.373 e. The van der Waals surface area contributed by atoms with Gasteiger partial charge >= 0.3 is 0 Å². The van der Waals surface area contributed by atoms with Gasteiger partial charge in [-0.05, 0) is 18.2 Å². The van der Waals surface area contributed by atoms with Gasteiger partial charge in [0.2, 0.25) is 0 Å². The van der Waals surface area contributed by atoms with Crippen molar-refractivity contribution in [3.63, 3.8) is 0 Å². The molecule has 1 aliphatic rings. The zero-order valence-electron chi connectivity index (χ0n) is 9.73. The highest BCUT2D eigenvalue weighted by molar-refractivity contribution is 6.42. The van der Waals surface area contributed by atoms with Crippen LogP contribution in [-0.4, -0.2) is 43.2 Å². The molecule has 0 aromatic heterocycles. The summed E-state index contributed by atoms with van der Waals surface area (Å²) >= 11 is 11.7. The molecule has 1 atom stereocenters. The Labute approximate surface area is 116 Å². The van der Waals surface area contributed by atoms with E-state index in [0.717, 1.165) is 0 Å². The van der Waals surface area contributed by atoms with Crippen molar-refractivity contribution in [3.8, 4) is 0 Å². The number of hydrogen-bond acceptors (Lipinski definition) is 3. The van der Waals surface area contributed by atoms with Gasteiger partial charge in [0.15, 0.2) is 0 Å². The number of amides is 1. The van der Waals surface area contributed by atoms with Crippen molar-refractivity contribution in [1.82, 2.24) is 4.90 Å². The number of nitrogens with two attached hydrogens (primary N) is 1. The highest BCUT2D eigenvalue weighted by atomic mass is 35.5. The Morgan fingerprint density at radius 2 is 2.22 bits per heavy atom. The van der Waals surface area contributed by atoms with E-state index in [9.17, 15) is 4.79 Å². The molecule has 0 saturated carbocycles. The molecular formula is C12H14Cl2N2O2. The first-order valence-corrected chi connectivity index (χ1v) is 6.43. The fourth-order valence-corrected chi connectivity index (χ4v) is 2.16. The minimum atomic E-state index is -0.0922. The lowest BCUT2D eigenvalue weighted by Gasteiger charge is -2.32. The number of carbonyl (C=O) groups is 1. The van der Waals surface area contributed by atoms with Crippen LogP contribution in [0.1, 0.15) is 10.4 Å². The van der Waals surface area contributed by atoms with Crippen molar-refractivity contribution in [2.75, 3.05) is 26.2 Å². The van der Waals surface area contributed by atoms with Crippen LogP contribution >= 0.6 is 23.2 Å². The second-order valence-electron chi connectivity index (χ2n) is 4.11. The van der Waals surface area contributed by atoms with Gasteiger partial charge in [0.05, 0.1) is 22.8 Å². The summed E-state index contributed by atoms with van der Waals surface area (Å²) in [5.41, 5.74) is 6.08. The molecule has 0 bridgehead atoms. The van der Waals surface area contributed by atoms with Gasteiger partial charge in [0, 0.05) is 25.2 Å². The first-order chi connectivity index (χ1) is 8.61. The Hall–Kier alpha value is -0.810. The SMILES string of the molecule is NC[C@H]1CN(C(=O)c2ccc(Cl)c(Cl)c2)CCO1. The van der Waals surface area contributed by atoms with Crippen molar-refractivity contribution in [3.05, 3.63) is 33.8 Å². The van der Waals surface area contributed by atoms with E-state index in [2.05, 4.69) is 0 Å². The zero-order valence-corrected chi connectivity index (χ0v) is 11.2. The molecule has 1 aliphatic heterocycles. The minimum absolute atomic E-state index is 0.0738. The monoisotopic (exact) mass is 288 g/mol. The highest BCUT2D eigenvalue weighted by Gasteiger charge is 2.24. The molecule has 0 spiro atoms. The smallest absolute Gasteiger partial charge is 0.254 e. The Morgan fingerprint density at radius 3 is 2.89 bits per heavy atom. The molecule has 1 heterocycles. The predicted molar refractivity (Wildman–Crippen MR) is 71.2 cm³/mol. The number of hydrogen-bond donors (Lipinski definition) is 1. The van der Waals surface area contributed by atoms with Crippen molar-refractivity contribution < 1.29 is 9.53 Å². The van der Waals surface area contributed by atoms with Crippen molar-refractivity contribution in [2.24, 2.45) is 5.73 Å². The maximum atomic E-state index is 12.3. The van der Waals surface area contributed by atoms with E-state index < -0.39 is 0 Å². The predicted octanol–water partition coefficient (Wildman–Crippen LogP) is 1.79. The Bertz CT molecular complexity index is 454. The molecule has 18 heavy (non-hydrogen) atoms. The number of nitrogens with zero attached hydrogens (tertiary/aromatic N) is 1. The number of ether oxygens (including phenoxy) is 1. The summed E-state index contributed by atoms with van der Waals surface area (Å²) in [5.74, 6) is -0.0738. The molecule has 4 nitrogen and oxygen atoms in total. The van der Waals surface area contributed by atoms with Crippen LogP contribution in [0.15, 0.2) is 18.2 Å². The topological polar surface area (TPSA) is 55.6 Å². The lowest BCUT2D eigenvalue weighted by atomic mass is 10.1. The van der Waals surface area contributed by atoms with E-state index in [1.54, 1.807) is 23.1 Å². The number of rotatable bonds is 2. The molecule has 2 N–H and O–H groups in total. The van der Waals surface area contributed by atoms with Crippen LogP contribution in [0.4, 0.5) is 0 Å². The first-order valence-electron chi connectivity index (χ1n) is 5.68. The Balaban J connectivity index is 2.12. The molecule has 6 heteroatoms. The summed E-state index contributed by atoms with van der Waals surface area (Å²) in [7, 11) is 0. The number of morpholine rings is 1. The van der Waals surface area contributed by atoms with E-state index in [1.165, 1.54) is 0 Å². The van der Waals surface area contributed by atoms with Gasteiger partial charge < -0.3 is 15.4 Å². The van der Waals surface area contributed by atoms with Crippen LogP contribution < -0.4 is 5.73 Å². The third-order valence-electron chi connectivity index (χ3n) is 2.86. The fourth-order valence-electron chi connectivity index (χ4n) is 1.86. The summed E-state index contributed by atoms with van der Waals surface area (Å²) in [4.78, 5) is 14.0. The lowest BCUT2D eigenvalue weighted by Crippen LogP contribution is -2.48. The molecule has 1 amide bonds. The summed E-state index contributed by atoms with van der Waals surface area (Å²) in [5, 5.41) is 0.821. The largest absolute Gasteiger partial charge is 0.373 e. The van der Waals surface area contributed by atoms with Crippen LogP contribution in [0.2, 0.25) is 10.0 Å². The quantitative estimate of drug-likeness (QED) is 0.903. The van der Waals surface area contributed by atoms with Gasteiger partial charge in [0.25, 0.3) is 5.91 Å². The Kier molecular flexibility index (Phi) is 4.45. The average Bonchev–Trinajstić information content (AvgIpc) is 2.41. The molecule has 1 fully saturated rings. The zero-order chi connectivity index (χ0) is 13.1. The highest BCUT2D eigenvalue weighted by Crippen LogP contribution is 2.23. The van der Waals surface area contributed by atoms with Gasteiger partial charge in [-0.2, -0.15) is 0 Å². The summed E-state index contributed by atoms with van der Waals surface area (Å²) in [6.07, 6.45) is -0.0922. The molecule has 98 valence electrons. The van der Waals surface area contributed by atoms with E-state index in [0.29, 0.717) is 41.8 Å². The Morgan fingerprint density at radius 1 is 1.44 bits per heavy atom.